The highest BCUT2D eigenvalue weighted by Crippen LogP contribution is 2.33. The minimum absolute atomic E-state index is 0.181. The zero-order valence-electron chi connectivity index (χ0n) is 14.4. The molecule has 3 fully saturated rings. The Morgan fingerprint density at radius 1 is 1.31 bits per heavy atom. The lowest BCUT2D eigenvalue weighted by Gasteiger charge is -2.45. The summed E-state index contributed by atoms with van der Waals surface area (Å²) in [6.45, 7) is 2.31. The van der Waals surface area contributed by atoms with Gasteiger partial charge in [0.15, 0.2) is 5.54 Å². The normalized spacial score (nSPS) is 27.1. The zero-order chi connectivity index (χ0) is 18.1. The lowest BCUT2D eigenvalue weighted by Crippen LogP contribution is -2.55. The number of aliphatic hydroxyl groups excluding tert-OH is 1. The first-order valence-electron chi connectivity index (χ1n) is 8.92. The lowest BCUT2D eigenvalue weighted by atomic mass is 9.85. The van der Waals surface area contributed by atoms with E-state index in [-0.39, 0.29) is 6.10 Å². The Hall–Kier alpha value is -2.25. The molecule has 5 rings (SSSR count). The molecule has 1 aromatic carbocycles. The molecule has 0 radical (unpaired) electrons. The predicted octanol–water partition coefficient (Wildman–Crippen LogP) is 1.40. The Balaban J connectivity index is 1.68. The fourth-order valence-corrected chi connectivity index (χ4v) is 4.10. The average molecular weight is 359 g/mol. The van der Waals surface area contributed by atoms with Crippen LogP contribution in [0.2, 0.25) is 0 Å². The van der Waals surface area contributed by atoms with Crippen LogP contribution in [0.4, 0.5) is 4.39 Å². The van der Waals surface area contributed by atoms with Gasteiger partial charge in [0, 0.05) is 18.9 Å². The lowest BCUT2D eigenvalue weighted by molar-refractivity contribution is -0.169. The molecule has 4 heterocycles. The van der Waals surface area contributed by atoms with Crippen molar-refractivity contribution in [2.75, 3.05) is 26.2 Å². The number of aromatic nitrogens is 2. The number of fused-ring (bicyclic) bond motifs is 3. The van der Waals surface area contributed by atoms with Gasteiger partial charge < -0.3 is 14.4 Å². The molecule has 2 bridgehead atoms. The third-order valence-corrected chi connectivity index (χ3v) is 5.69. The number of carbonyl (C=O) groups is 1. The number of aliphatic hydroxyl groups is 1. The number of rotatable bonds is 5. The summed E-state index contributed by atoms with van der Waals surface area (Å²) in [4.78, 5) is 19.6. The van der Waals surface area contributed by atoms with Crippen LogP contribution in [0.15, 0.2) is 43.0 Å². The van der Waals surface area contributed by atoms with E-state index in [0.717, 1.165) is 32.5 Å². The third-order valence-electron chi connectivity index (χ3n) is 5.69. The maximum Gasteiger partial charge on any atom is 0.339 e. The molecule has 3 saturated heterocycles. The molecule has 1 aromatic heterocycles. The summed E-state index contributed by atoms with van der Waals surface area (Å²) in [5, 5.41) is 10.2. The van der Waals surface area contributed by atoms with Crippen molar-refractivity contribution in [2.24, 2.45) is 5.92 Å². The van der Waals surface area contributed by atoms with Crippen LogP contribution in [0.5, 0.6) is 0 Å². The highest BCUT2D eigenvalue weighted by atomic mass is 19.1. The van der Waals surface area contributed by atoms with Crippen molar-refractivity contribution in [1.82, 2.24) is 14.5 Å². The quantitative estimate of drug-likeness (QED) is 0.818. The van der Waals surface area contributed by atoms with Crippen LogP contribution in [0, 0.1) is 11.7 Å². The number of carbonyl (C=O) groups excluding carboxylic acids is 1. The van der Waals surface area contributed by atoms with Crippen molar-refractivity contribution in [3.8, 4) is 0 Å². The minimum Gasteiger partial charge on any atom is -0.459 e. The van der Waals surface area contributed by atoms with Crippen molar-refractivity contribution < 1.29 is 19.0 Å². The van der Waals surface area contributed by atoms with Gasteiger partial charge >= 0.3 is 5.97 Å². The van der Waals surface area contributed by atoms with Gasteiger partial charge in [0.25, 0.3) is 0 Å². The van der Waals surface area contributed by atoms with Crippen molar-refractivity contribution in [3.05, 3.63) is 54.4 Å². The Morgan fingerprint density at radius 2 is 2.04 bits per heavy atom. The van der Waals surface area contributed by atoms with E-state index in [1.165, 1.54) is 41.4 Å². The summed E-state index contributed by atoms with van der Waals surface area (Å²) in [6, 6.07) is 5.56. The SMILES string of the molecule is O=C(O[C@H]1CN2CCC1CC2)C(CO)(c1ccc(F)cc1)n1ccnc1. The van der Waals surface area contributed by atoms with Gasteiger partial charge in [-0.1, -0.05) is 12.1 Å². The van der Waals surface area contributed by atoms with Gasteiger partial charge in [0.2, 0.25) is 0 Å². The van der Waals surface area contributed by atoms with Crippen LogP contribution >= 0.6 is 0 Å². The maximum atomic E-state index is 13.4. The Kier molecular flexibility index (Phi) is 4.50. The van der Waals surface area contributed by atoms with Gasteiger partial charge in [-0.25, -0.2) is 14.2 Å². The van der Waals surface area contributed by atoms with E-state index in [2.05, 4.69) is 9.88 Å². The monoisotopic (exact) mass is 359 g/mol. The molecule has 0 saturated carbocycles. The number of hydrogen-bond acceptors (Lipinski definition) is 5. The van der Waals surface area contributed by atoms with Crippen LogP contribution in [0.25, 0.3) is 0 Å². The van der Waals surface area contributed by atoms with Crippen molar-refractivity contribution in [1.29, 1.82) is 0 Å². The molecule has 1 unspecified atom stereocenters. The number of ether oxygens (including phenoxy) is 1. The molecule has 7 heteroatoms. The van der Waals surface area contributed by atoms with E-state index in [0.29, 0.717) is 11.5 Å². The molecule has 0 amide bonds. The van der Waals surface area contributed by atoms with Crippen molar-refractivity contribution >= 4 is 5.97 Å². The number of piperidine rings is 3. The highest BCUT2D eigenvalue weighted by Gasteiger charge is 2.46. The van der Waals surface area contributed by atoms with Crippen molar-refractivity contribution in [3.63, 3.8) is 0 Å². The molecule has 3 aliphatic rings. The first-order chi connectivity index (χ1) is 12.6. The second-order valence-electron chi connectivity index (χ2n) is 7.08. The maximum absolute atomic E-state index is 13.4. The minimum atomic E-state index is -1.48. The molecular weight excluding hydrogens is 337 g/mol. The van der Waals surface area contributed by atoms with Gasteiger partial charge in [-0.2, -0.15) is 0 Å². The number of benzene rings is 1. The van der Waals surface area contributed by atoms with E-state index in [4.69, 9.17) is 4.74 Å². The number of imidazole rings is 1. The number of esters is 1. The van der Waals surface area contributed by atoms with Crippen LogP contribution < -0.4 is 0 Å². The molecule has 3 aliphatic heterocycles. The van der Waals surface area contributed by atoms with Gasteiger partial charge in [0.1, 0.15) is 11.9 Å². The largest absolute Gasteiger partial charge is 0.459 e. The summed E-state index contributed by atoms with van der Waals surface area (Å²) < 4.78 is 20.8. The van der Waals surface area contributed by atoms with Gasteiger partial charge in [-0.05, 0) is 49.5 Å². The topological polar surface area (TPSA) is 67.6 Å². The molecule has 2 atom stereocenters. The Bertz CT molecular complexity index is 757. The standard InChI is InChI=1S/C19H22FN3O3/c20-16-3-1-15(2-4-16)19(12-24,23-10-7-21-13-23)18(25)26-17-11-22-8-5-14(17)6-9-22/h1-4,7,10,13-14,17,24H,5-6,8-9,11-12H2/t17-,19?/m0/s1. The van der Waals surface area contributed by atoms with E-state index >= 15 is 0 Å². The zero-order valence-corrected chi connectivity index (χ0v) is 14.4. The molecule has 0 spiro atoms. The van der Waals surface area contributed by atoms with E-state index in [1.54, 1.807) is 6.20 Å². The first kappa shape index (κ1) is 17.2. The van der Waals surface area contributed by atoms with Crippen LogP contribution in [0.3, 0.4) is 0 Å². The summed E-state index contributed by atoms with van der Waals surface area (Å²) in [7, 11) is 0. The third kappa shape index (κ3) is 2.81. The second kappa shape index (κ2) is 6.81. The average Bonchev–Trinajstić information content (AvgIpc) is 3.20. The van der Waals surface area contributed by atoms with Crippen LogP contribution in [0.1, 0.15) is 18.4 Å². The molecule has 26 heavy (non-hydrogen) atoms. The van der Waals surface area contributed by atoms with Crippen LogP contribution in [-0.2, 0) is 15.1 Å². The van der Waals surface area contributed by atoms with Crippen molar-refractivity contribution in [2.45, 2.75) is 24.5 Å². The second-order valence-corrected chi connectivity index (χ2v) is 7.08. The fourth-order valence-electron chi connectivity index (χ4n) is 4.10. The molecule has 6 nitrogen and oxygen atoms in total. The fraction of sp³-hybridized carbons (Fsp3) is 0.474. The summed E-state index contributed by atoms with van der Waals surface area (Å²) in [5.41, 5.74) is -1.01. The molecule has 2 aromatic rings. The summed E-state index contributed by atoms with van der Waals surface area (Å²) in [6.07, 6.45) is 6.47. The first-order valence-corrected chi connectivity index (χ1v) is 8.92. The van der Waals surface area contributed by atoms with E-state index in [9.17, 15) is 14.3 Å². The van der Waals surface area contributed by atoms with Gasteiger partial charge in [0.05, 0.1) is 12.9 Å². The molecule has 0 aliphatic carbocycles. The molecular formula is C19H22FN3O3. The molecule has 138 valence electrons. The summed E-state index contributed by atoms with van der Waals surface area (Å²) >= 11 is 0. The predicted molar refractivity (Wildman–Crippen MR) is 91.8 cm³/mol. The number of hydrogen-bond donors (Lipinski definition) is 1. The summed E-state index contributed by atoms with van der Waals surface area (Å²) in [5.74, 6) is -0.586. The van der Waals surface area contributed by atoms with E-state index < -0.39 is 23.9 Å². The number of halogens is 1. The Labute approximate surface area is 151 Å². The Morgan fingerprint density at radius 3 is 2.58 bits per heavy atom. The van der Waals surface area contributed by atoms with Gasteiger partial charge in [-0.15, -0.1) is 0 Å². The van der Waals surface area contributed by atoms with Gasteiger partial charge in [-0.3, -0.25) is 4.90 Å². The van der Waals surface area contributed by atoms with Crippen LogP contribution in [-0.4, -0.2) is 57.9 Å². The number of nitrogens with zero attached hydrogens (tertiary/aromatic N) is 3. The smallest absolute Gasteiger partial charge is 0.339 e. The molecule has 1 N–H and O–H groups in total. The van der Waals surface area contributed by atoms with E-state index in [1.807, 2.05) is 0 Å². The highest BCUT2D eigenvalue weighted by molar-refractivity contribution is 5.83.